The topological polar surface area (TPSA) is 0 Å². The van der Waals surface area contributed by atoms with Crippen molar-refractivity contribution in [1.82, 2.24) is 0 Å². The maximum Gasteiger partial charge on any atom is 0.0534 e. The van der Waals surface area contributed by atoms with Crippen molar-refractivity contribution in [2.24, 2.45) is 0 Å². The fourth-order valence-corrected chi connectivity index (χ4v) is 0. The zero-order valence-corrected chi connectivity index (χ0v) is 5.01. The van der Waals surface area contributed by atoms with Crippen LogP contribution < -0.4 is 0 Å². The molecule has 0 nitrogen and oxygen atoms in total. The third-order valence-electron chi connectivity index (χ3n) is 0.145. The molecule has 0 aliphatic heterocycles. The lowest BCUT2D eigenvalue weighted by Gasteiger charge is -1.74. The van der Waals surface area contributed by atoms with Gasteiger partial charge >= 0.3 is 0 Å². The lowest BCUT2D eigenvalue weighted by atomic mass is 10.8. The van der Waals surface area contributed by atoms with Crippen LogP contribution in [0.3, 0.4) is 0 Å². The fourth-order valence-electron chi connectivity index (χ4n) is 0. The molecule has 0 heterocycles. The molecule has 0 aromatic heterocycles. The van der Waals surface area contributed by atoms with E-state index in [1.54, 1.807) is 0 Å². The highest BCUT2D eigenvalue weighted by atomic mass is 79.9. The SMILES string of the molecule is C=C(Br)CCl. The second kappa shape index (κ2) is 2.73. The summed E-state index contributed by atoms with van der Waals surface area (Å²) in [5.41, 5.74) is 0. The molecule has 0 N–H and O–H groups in total. The number of rotatable bonds is 1. The predicted molar refractivity (Wildman–Crippen MR) is 28.8 cm³/mol. The predicted octanol–water partition coefficient (Wildman–Crippen LogP) is 2.13. The first kappa shape index (κ1) is 5.51. The van der Waals surface area contributed by atoms with Crippen molar-refractivity contribution in [3.63, 3.8) is 0 Å². The minimum absolute atomic E-state index is 0.500. The van der Waals surface area contributed by atoms with E-state index in [0.717, 1.165) is 4.48 Å². The average Bonchev–Trinajstić information content (AvgIpc) is 1.38. The van der Waals surface area contributed by atoms with E-state index in [0.29, 0.717) is 5.88 Å². The van der Waals surface area contributed by atoms with Crippen molar-refractivity contribution in [1.29, 1.82) is 0 Å². The van der Waals surface area contributed by atoms with Crippen molar-refractivity contribution in [3.8, 4) is 0 Å². The van der Waals surface area contributed by atoms with Gasteiger partial charge in [0, 0.05) is 4.48 Å². The Balaban J connectivity index is 2.85. The van der Waals surface area contributed by atoms with Gasteiger partial charge in [-0.3, -0.25) is 0 Å². The maximum absolute atomic E-state index is 5.19. The van der Waals surface area contributed by atoms with Gasteiger partial charge in [0.1, 0.15) is 0 Å². The average molecular weight is 155 g/mol. The summed E-state index contributed by atoms with van der Waals surface area (Å²) in [6.07, 6.45) is 0. The molecule has 30 valence electrons. The molecule has 0 spiro atoms. The number of allylic oxidation sites excluding steroid dienone is 1. The Kier molecular flexibility index (Phi) is 3.01. The molecule has 0 aliphatic carbocycles. The highest BCUT2D eigenvalue weighted by Crippen LogP contribution is 2.00. The molecule has 0 atom stereocenters. The summed E-state index contributed by atoms with van der Waals surface area (Å²) in [6.45, 7) is 3.46. The summed E-state index contributed by atoms with van der Waals surface area (Å²) in [5.74, 6) is 0.500. The monoisotopic (exact) mass is 154 g/mol. The minimum Gasteiger partial charge on any atom is -0.121 e. The Morgan fingerprint density at radius 2 is 2.20 bits per heavy atom. The molecule has 0 aliphatic rings. The van der Waals surface area contributed by atoms with E-state index in [4.69, 9.17) is 11.6 Å². The van der Waals surface area contributed by atoms with Gasteiger partial charge in [0.25, 0.3) is 0 Å². The Hall–Kier alpha value is 0.510. The first-order valence-corrected chi connectivity index (χ1v) is 2.49. The number of hydrogen-bond acceptors (Lipinski definition) is 0. The maximum atomic E-state index is 5.19. The molecule has 0 rings (SSSR count). The molecule has 0 saturated carbocycles. The molecule has 0 amide bonds. The zero-order valence-electron chi connectivity index (χ0n) is 2.67. The van der Waals surface area contributed by atoms with E-state index in [9.17, 15) is 0 Å². The van der Waals surface area contributed by atoms with E-state index in [1.807, 2.05) is 0 Å². The van der Waals surface area contributed by atoms with Gasteiger partial charge in [-0.1, -0.05) is 22.5 Å². The molecular weight excluding hydrogens is 151 g/mol. The second-order valence-electron chi connectivity index (χ2n) is 0.651. The molecule has 2 heteroatoms. The molecule has 0 aromatic rings. The van der Waals surface area contributed by atoms with Crippen LogP contribution >= 0.6 is 27.5 Å². The standard InChI is InChI=1S/C3H4BrCl/c1-3(4)2-5/h1-2H2. The Morgan fingerprint density at radius 1 is 2.00 bits per heavy atom. The van der Waals surface area contributed by atoms with Gasteiger partial charge in [-0.15, -0.1) is 11.6 Å². The van der Waals surface area contributed by atoms with Crippen LogP contribution in [0.5, 0.6) is 0 Å². The molecule has 5 heavy (non-hydrogen) atoms. The van der Waals surface area contributed by atoms with Crippen LogP contribution in [0.15, 0.2) is 11.1 Å². The summed E-state index contributed by atoms with van der Waals surface area (Å²) in [5, 5.41) is 0. The molecule has 0 unspecified atom stereocenters. The summed E-state index contributed by atoms with van der Waals surface area (Å²) in [7, 11) is 0. The molecule has 0 radical (unpaired) electrons. The first-order chi connectivity index (χ1) is 2.27. The van der Waals surface area contributed by atoms with Crippen LogP contribution in [0, 0.1) is 0 Å². The largest absolute Gasteiger partial charge is 0.121 e. The van der Waals surface area contributed by atoms with E-state index in [-0.39, 0.29) is 0 Å². The van der Waals surface area contributed by atoms with Gasteiger partial charge in [0.2, 0.25) is 0 Å². The quantitative estimate of drug-likeness (QED) is 0.509. The van der Waals surface area contributed by atoms with E-state index in [2.05, 4.69) is 22.5 Å². The van der Waals surface area contributed by atoms with Gasteiger partial charge in [0.15, 0.2) is 0 Å². The Labute approximate surface area is 45.0 Å². The summed E-state index contributed by atoms with van der Waals surface area (Å²) in [4.78, 5) is 0. The second-order valence-corrected chi connectivity index (χ2v) is 2.04. The van der Waals surface area contributed by atoms with Gasteiger partial charge in [-0.25, -0.2) is 0 Å². The molecule has 0 fully saturated rings. The minimum atomic E-state index is 0.500. The van der Waals surface area contributed by atoms with Crippen molar-refractivity contribution in [3.05, 3.63) is 11.1 Å². The van der Waals surface area contributed by atoms with Crippen LogP contribution in [-0.2, 0) is 0 Å². The normalized spacial score (nSPS) is 7.60. The summed E-state index contributed by atoms with van der Waals surface area (Å²) >= 11 is 8.24. The smallest absolute Gasteiger partial charge is 0.0534 e. The highest BCUT2D eigenvalue weighted by molar-refractivity contribution is 9.11. The number of halogens is 2. The van der Waals surface area contributed by atoms with Gasteiger partial charge < -0.3 is 0 Å². The van der Waals surface area contributed by atoms with E-state index >= 15 is 0 Å². The van der Waals surface area contributed by atoms with Crippen LogP contribution in [0.25, 0.3) is 0 Å². The molecular formula is C3H4BrCl. The van der Waals surface area contributed by atoms with Crippen molar-refractivity contribution < 1.29 is 0 Å². The Bertz CT molecular complexity index is 42.2. The molecule has 0 aromatic carbocycles. The van der Waals surface area contributed by atoms with Crippen molar-refractivity contribution in [2.75, 3.05) is 5.88 Å². The fraction of sp³-hybridized carbons (Fsp3) is 0.333. The number of hydrogen-bond donors (Lipinski definition) is 0. The van der Waals surface area contributed by atoms with E-state index < -0.39 is 0 Å². The molecule has 0 saturated heterocycles. The third kappa shape index (κ3) is 4.51. The van der Waals surface area contributed by atoms with Crippen LogP contribution in [-0.4, -0.2) is 5.88 Å². The van der Waals surface area contributed by atoms with E-state index in [1.165, 1.54) is 0 Å². The van der Waals surface area contributed by atoms with Gasteiger partial charge in [0.05, 0.1) is 5.88 Å². The van der Waals surface area contributed by atoms with Crippen LogP contribution in [0.4, 0.5) is 0 Å². The highest BCUT2D eigenvalue weighted by Gasteiger charge is 1.73. The van der Waals surface area contributed by atoms with Crippen molar-refractivity contribution >= 4 is 27.5 Å². The van der Waals surface area contributed by atoms with Crippen molar-refractivity contribution in [2.45, 2.75) is 0 Å². The lowest BCUT2D eigenvalue weighted by Crippen LogP contribution is -1.59. The molecule has 0 bridgehead atoms. The summed E-state index contributed by atoms with van der Waals surface area (Å²) < 4.78 is 0.833. The zero-order chi connectivity index (χ0) is 4.28. The Morgan fingerprint density at radius 3 is 2.20 bits per heavy atom. The first-order valence-electron chi connectivity index (χ1n) is 1.16. The van der Waals surface area contributed by atoms with Gasteiger partial charge in [-0.05, 0) is 0 Å². The summed E-state index contributed by atoms with van der Waals surface area (Å²) in [6, 6.07) is 0. The lowest BCUT2D eigenvalue weighted by molar-refractivity contribution is 1.76. The third-order valence-corrected chi connectivity index (χ3v) is 1.07. The number of alkyl halides is 1. The van der Waals surface area contributed by atoms with Crippen LogP contribution in [0.2, 0.25) is 0 Å². The van der Waals surface area contributed by atoms with Gasteiger partial charge in [-0.2, -0.15) is 0 Å². The van der Waals surface area contributed by atoms with Crippen LogP contribution in [0.1, 0.15) is 0 Å².